The van der Waals surface area contributed by atoms with Crippen molar-refractivity contribution in [3.8, 4) is 0 Å². The van der Waals surface area contributed by atoms with Gasteiger partial charge in [-0.15, -0.1) is 0 Å². The third-order valence-corrected chi connectivity index (χ3v) is 4.07. The third-order valence-electron chi connectivity index (χ3n) is 3.58. The van der Waals surface area contributed by atoms with Crippen LogP contribution in [0.15, 0.2) is 23.0 Å². The van der Waals surface area contributed by atoms with E-state index in [1.807, 2.05) is 0 Å². The van der Waals surface area contributed by atoms with E-state index in [4.69, 9.17) is 23.8 Å². The Morgan fingerprint density at radius 1 is 1.38 bits per heavy atom. The van der Waals surface area contributed by atoms with E-state index in [-0.39, 0.29) is 10.6 Å². The molecule has 1 aliphatic rings. The number of aromatic amines is 2. The molecule has 0 unspecified atom stereocenters. The van der Waals surface area contributed by atoms with Gasteiger partial charge in [0, 0.05) is 31.7 Å². The number of hydrogen-bond donors (Lipinski definition) is 2. The average Bonchev–Trinajstić information content (AvgIpc) is 2.43. The van der Waals surface area contributed by atoms with Crippen LogP contribution in [0.2, 0.25) is 5.02 Å². The number of aromatic nitrogens is 2. The first-order chi connectivity index (χ1) is 10.0. The second-order valence-corrected chi connectivity index (χ2v) is 5.89. The lowest BCUT2D eigenvalue weighted by Gasteiger charge is -2.27. The summed E-state index contributed by atoms with van der Waals surface area (Å²) >= 11 is 10.8. The molecule has 2 aromatic rings. The molecule has 0 amide bonds. The standard InChI is InChI=1S/C14H13ClFN3OS/c15-10-5-8(1-2-11(10)16)6-19-4-3-12-9(7-19)13(20)18-14(21)17-12/h1-2,5H,3-4,6-7H2,(H2,17,18,20,21). The van der Waals surface area contributed by atoms with Gasteiger partial charge in [-0.3, -0.25) is 14.7 Å². The summed E-state index contributed by atoms with van der Waals surface area (Å²) < 4.78 is 13.5. The fourth-order valence-electron chi connectivity index (χ4n) is 2.54. The van der Waals surface area contributed by atoms with Crippen LogP contribution in [0.1, 0.15) is 16.8 Å². The van der Waals surface area contributed by atoms with Crippen molar-refractivity contribution in [3.05, 3.63) is 61.0 Å². The molecule has 0 saturated heterocycles. The molecule has 7 heteroatoms. The van der Waals surface area contributed by atoms with Crippen LogP contribution >= 0.6 is 23.8 Å². The summed E-state index contributed by atoms with van der Waals surface area (Å²) in [7, 11) is 0. The molecule has 3 rings (SSSR count). The van der Waals surface area contributed by atoms with Crippen molar-refractivity contribution in [2.75, 3.05) is 6.54 Å². The predicted octanol–water partition coefficient (Wildman–Crippen LogP) is 2.78. The molecule has 0 saturated carbocycles. The Morgan fingerprint density at radius 2 is 2.19 bits per heavy atom. The average molecular weight is 326 g/mol. The van der Waals surface area contributed by atoms with E-state index in [1.165, 1.54) is 6.07 Å². The van der Waals surface area contributed by atoms with Gasteiger partial charge in [0.05, 0.1) is 10.6 Å². The Hall–Kier alpha value is -1.50. The van der Waals surface area contributed by atoms with Crippen LogP contribution in [-0.2, 0) is 19.5 Å². The van der Waals surface area contributed by atoms with Crippen LogP contribution in [-0.4, -0.2) is 21.4 Å². The van der Waals surface area contributed by atoms with Crippen molar-refractivity contribution in [2.45, 2.75) is 19.5 Å². The molecule has 2 N–H and O–H groups in total. The number of benzene rings is 1. The summed E-state index contributed by atoms with van der Waals surface area (Å²) in [5, 5.41) is 0.117. The molecular formula is C14H13ClFN3OS. The largest absolute Gasteiger partial charge is 0.335 e. The van der Waals surface area contributed by atoms with Gasteiger partial charge in [-0.25, -0.2) is 4.39 Å². The van der Waals surface area contributed by atoms with Crippen molar-refractivity contribution in [3.63, 3.8) is 0 Å². The maximum absolute atomic E-state index is 13.2. The fraction of sp³-hybridized carbons (Fsp3) is 0.286. The van der Waals surface area contributed by atoms with Gasteiger partial charge >= 0.3 is 0 Å². The highest BCUT2D eigenvalue weighted by Crippen LogP contribution is 2.20. The highest BCUT2D eigenvalue weighted by Gasteiger charge is 2.19. The molecule has 1 aromatic carbocycles. The van der Waals surface area contributed by atoms with Crippen molar-refractivity contribution in [1.29, 1.82) is 0 Å². The maximum atomic E-state index is 13.2. The summed E-state index contributed by atoms with van der Waals surface area (Å²) in [6, 6.07) is 4.69. The van der Waals surface area contributed by atoms with Gasteiger partial charge in [-0.1, -0.05) is 17.7 Å². The quantitative estimate of drug-likeness (QED) is 0.835. The highest BCUT2D eigenvalue weighted by molar-refractivity contribution is 7.71. The first-order valence-electron chi connectivity index (χ1n) is 6.53. The first kappa shape index (κ1) is 14.4. The minimum absolute atomic E-state index is 0.117. The summed E-state index contributed by atoms with van der Waals surface area (Å²) in [4.78, 5) is 19.7. The van der Waals surface area contributed by atoms with Crippen molar-refractivity contribution >= 4 is 23.8 Å². The lowest BCUT2D eigenvalue weighted by molar-refractivity contribution is 0.241. The zero-order valence-electron chi connectivity index (χ0n) is 11.1. The Morgan fingerprint density at radius 3 is 2.95 bits per heavy atom. The lowest BCUT2D eigenvalue weighted by atomic mass is 10.1. The molecule has 0 bridgehead atoms. The molecular weight excluding hydrogens is 313 g/mol. The summed E-state index contributed by atoms with van der Waals surface area (Å²) in [6.45, 7) is 1.96. The van der Waals surface area contributed by atoms with Gasteiger partial charge in [-0.05, 0) is 29.9 Å². The van der Waals surface area contributed by atoms with Crippen LogP contribution in [0.3, 0.4) is 0 Å². The van der Waals surface area contributed by atoms with Gasteiger partial charge in [0.2, 0.25) is 0 Å². The smallest absolute Gasteiger partial charge is 0.256 e. The number of rotatable bonds is 2. The summed E-state index contributed by atoms with van der Waals surface area (Å²) in [6.07, 6.45) is 0.734. The van der Waals surface area contributed by atoms with Crippen LogP contribution in [0.25, 0.3) is 0 Å². The zero-order chi connectivity index (χ0) is 15.0. The number of halogens is 2. The number of nitrogens with one attached hydrogen (secondary N) is 2. The number of H-pyrrole nitrogens is 2. The van der Waals surface area contributed by atoms with E-state index >= 15 is 0 Å². The van der Waals surface area contributed by atoms with E-state index in [9.17, 15) is 9.18 Å². The molecule has 1 aliphatic heterocycles. The van der Waals surface area contributed by atoms with Crippen molar-refractivity contribution in [1.82, 2.24) is 14.9 Å². The van der Waals surface area contributed by atoms with Crippen molar-refractivity contribution in [2.24, 2.45) is 0 Å². The monoisotopic (exact) mass is 325 g/mol. The molecule has 2 heterocycles. The van der Waals surface area contributed by atoms with Gasteiger partial charge in [0.1, 0.15) is 5.82 Å². The minimum atomic E-state index is -0.423. The molecule has 0 atom stereocenters. The Bertz CT molecular complexity index is 802. The molecule has 0 radical (unpaired) electrons. The first-order valence-corrected chi connectivity index (χ1v) is 7.32. The summed E-state index contributed by atoms with van der Waals surface area (Å²) in [5.74, 6) is -0.423. The predicted molar refractivity (Wildman–Crippen MR) is 81.5 cm³/mol. The van der Waals surface area contributed by atoms with Crippen LogP contribution in [0.4, 0.5) is 4.39 Å². The second kappa shape index (κ2) is 5.71. The zero-order valence-corrected chi connectivity index (χ0v) is 12.7. The Kier molecular flexibility index (Phi) is 3.93. The van der Waals surface area contributed by atoms with Gasteiger partial charge < -0.3 is 4.98 Å². The van der Waals surface area contributed by atoms with Crippen molar-refractivity contribution < 1.29 is 4.39 Å². The molecule has 110 valence electrons. The molecule has 4 nitrogen and oxygen atoms in total. The molecule has 0 spiro atoms. The van der Waals surface area contributed by atoms with Gasteiger partial charge in [0.15, 0.2) is 4.77 Å². The maximum Gasteiger partial charge on any atom is 0.256 e. The normalized spacial score (nSPS) is 15.0. The molecule has 0 aliphatic carbocycles. The molecule has 21 heavy (non-hydrogen) atoms. The molecule has 0 fully saturated rings. The SMILES string of the molecule is O=c1[nH]c(=S)[nH]c2c1CN(Cc1ccc(F)c(Cl)c1)CC2. The van der Waals surface area contributed by atoms with Crippen LogP contribution < -0.4 is 5.56 Å². The third kappa shape index (κ3) is 3.07. The highest BCUT2D eigenvalue weighted by atomic mass is 35.5. The topological polar surface area (TPSA) is 51.9 Å². The van der Waals surface area contributed by atoms with Gasteiger partial charge in [-0.2, -0.15) is 0 Å². The van der Waals surface area contributed by atoms with E-state index in [1.54, 1.807) is 12.1 Å². The van der Waals surface area contributed by atoms with Gasteiger partial charge in [0.25, 0.3) is 5.56 Å². The van der Waals surface area contributed by atoms with Crippen LogP contribution in [0.5, 0.6) is 0 Å². The van der Waals surface area contributed by atoms with E-state index in [2.05, 4.69) is 14.9 Å². The fourth-order valence-corrected chi connectivity index (χ4v) is 2.96. The van der Waals surface area contributed by atoms with E-state index < -0.39 is 5.82 Å². The Balaban J connectivity index is 1.81. The van der Waals surface area contributed by atoms with Crippen LogP contribution in [0, 0.1) is 10.6 Å². The molecule has 1 aromatic heterocycles. The van der Waals surface area contributed by atoms with E-state index in [0.29, 0.717) is 23.4 Å². The number of hydrogen-bond acceptors (Lipinski definition) is 3. The Labute approximate surface area is 130 Å². The second-order valence-electron chi connectivity index (χ2n) is 5.07. The number of nitrogens with zero attached hydrogens (tertiary/aromatic N) is 1. The lowest BCUT2D eigenvalue weighted by Crippen LogP contribution is -2.35. The minimum Gasteiger partial charge on any atom is -0.335 e. The number of fused-ring (bicyclic) bond motifs is 1. The van der Waals surface area contributed by atoms with E-state index in [0.717, 1.165) is 24.2 Å². The summed E-state index contributed by atoms with van der Waals surface area (Å²) in [5.41, 5.74) is 2.39.